The molecule has 0 spiro atoms. The van der Waals surface area contributed by atoms with Crippen molar-refractivity contribution in [3.05, 3.63) is 41.9 Å². The van der Waals surface area contributed by atoms with Gasteiger partial charge in [-0.05, 0) is 31.0 Å². The van der Waals surface area contributed by atoms with Gasteiger partial charge >= 0.3 is 0 Å². The smallest absolute Gasteiger partial charge is 0.238 e. The third-order valence-corrected chi connectivity index (χ3v) is 5.25. The molecule has 1 aromatic carbocycles. The summed E-state index contributed by atoms with van der Waals surface area (Å²) in [6, 6.07) is 7.02. The van der Waals surface area contributed by atoms with Gasteiger partial charge in [0.25, 0.3) is 0 Å². The van der Waals surface area contributed by atoms with Crippen LogP contribution in [0.25, 0.3) is 0 Å². The Balaban J connectivity index is 1.70. The second-order valence-electron chi connectivity index (χ2n) is 6.73. The van der Waals surface area contributed by atoms with Crippen molar-refractivity contribution >= 4 is 29.1 Å². The van der Waals surface area contributed by atoms with Crippen LogP contribution in [0.5, 0.6) is 0 Å². The second kappa shape index (κ2) is 8.02. The van der Waals surface area contributed by atoms with Gasteiger partial charge in [0.1, 0.15) is 0 Å². The Labute approximate surface area is 153 Å². The number of carbonyl (C=O) groups is 2. The van der Waals surface area contributed by atoms with Crippen LogP contribution in [0.4, 0.5) is 5.69 Å². The number of piperazine rings is 1. The van der Waals surface area contributed by atoms with Crippen LogP contribution in [0, 0.1) is 0 Å². The molecule has 2 fully saturated rings. The van der Waals surface area contributed by atoms with E-state index in [1.165, 1.54) is 0 Å². The monoisotopic (exact) mass is 361 g/mol. The molecule has 3 rings (SSSR count). The molecule has 0 radical (unpaired) electrons. The van der Waals surface area contributed by atoms with Crippen LogP contribution < -0.4 is 10.6 Å². The first-order valence-corrected chi connectivity index (χ1v) is 9.18. The predicted molar refractivity (Wildman–Crippen MR) is 99.6 cm³/mol. The molecule has 1 aliphatic carbocycles. The lowest BCUT2D eigenvalue weighted by Gasteiger charge is -2.47. The van der Waals surface area contributed by atoms with E-state index in [2.05, 4.69) is 22.1 Å². The standard InChI is InChI=1S/C19H24ClN3O2/c1-2-10-23-16-9-4-3-8-15(16)22-19(25)17(23)12-18(24)21-14-7-5-6-13(20)11-14/h2,5-7,11,15-17H,1,3-4,8-10,12H2,(H,21,24)(H,22,25). The lowest BCUT2D eigenvalue weighted by molar-refractivity contribution is -0.137. The summed E-state index contributed by atoms with van der Waals surface area (Å²) in [6.07, 6.45) is 6.29. The fraction of sp³-hybridized carbons (Fsp3) is 0.474. The number of hydrogen-bond acceptors (Lipinski definition) is 3. The third kappa shape index (κ3) is 4.22. The highest BCUT2D eigenvalue weighted by Gasteiger charge is 2.42. The van der Waals surface area contributed by atoms with Gasteiger partial charge in [0, 0.05) is 29.3 Å². The highest BCUT2D eigenvalue weighted by molar-refractivity contribution is 6.30. The molecule has 0 aromatic heterocycles. The fourth-order valence-corrected chi connectivity index (χ4v) is 4.10. The predicted octanol–water partition coefficient (Wildman–Crippen LogP) is 2.97. The SMILES string of the molecule is C=CCN1C(CC(=O)Nc2cccc(Cl)c2)C(=O)NC2CCCCC21. The van der Waals surface area contributed by atoms with Crippen LogP contribution in [0.15, 0.2) is 36.9 Å². The minimum absolute atomic E-state index is 0.0637. The molecule has 2 amide bonds. The highest BCUT2D eigenvalue weighted by atomic mass is 35.5. The molecular formula is C19H24ClN3O2. The molecule has 0 bridgehead atoms. The van der Waals surface area contributed by atoms with E-state index in [1.54, 1.807) is 24.3 Å². The topological polar surface area (TPSA) is 61.4 Å². The minimum Gasteiger partial charge on any atom is -0.350 e. The molecule has 3 unspecified atom stereocenters. The third-order valence-electron chi connectivity index (χ3n) is 5.01. The Morgan fingerprint density at radius 2 is 2.20 bits per heavy atom. The van der Waals surface area contributed by atoms with Gasteiger partial charge in [-0.15, -0.1) is 6.58 Å². The molecule has 1 heterocycles. The summed E-state index contributed by atoms with van der Waals surface area (Å²) in [5.74, 6) is -0.253. The summed E-state index contributed by atoms with van der Waals surface area (Å²) in [4.78, 5) is 27.2. The van der Waals surface area contributed by atoms with Crippen LogP contribution in [0.1, 0.15) is 32.1 Å². The average molecular weight is 362 g/mol. The molecule has 2 aliphatic rings. The number of amides is 2. The summed E-state index contributed by atoms with van der Waals surface area (Å²) >= 11 is 5.95. The minimum atomic E-state index is -0.462. The van der Waals surface area contributed by atoms with Crippen LogP contribution in [-0.2, 0) is 9.59 Å². The molecule has 1 saturated carbocycles. The number of carbonyl (C=O) groups excluding carboxylic acids is 2. The van der Waals surface area contributed by atoms with Gasteiger partial charge in [0.15, 0.2) is 0 Å². The van der Waals surface area contributed by atoms with Crippen molar-refractivity contribution in [3.8, 4) is 0 Å². The molecule has 1 saturated heterocycles. The summed E-state index contributed by atoms with van der Waals surface area (Å²) < 4.78 is 0. The van der Waals surface area contributed by atoms with E-state index < -0.39 is 6.04 Å². The van der Waals surface area contributed by atoms with Crippen molar-refractivity contribution in [2.75, 3.05) is 11.9 Å². The van der Waals surface area contributed by atoms with E-state index >= 15 is 0 Å². The Morgan fingerprint density at radius 1 is 1.40 bits per heavy atom. The van der Waals surface area contributed by atoms with Crippen LogP contribution in [-0.4, -0.2) is 41.4 Å². The van der Waals surface area contributed by atoms with Crippen molar-refractivity contribution in [2.45, 2.75) is 50.2 Å². The van der Waals surface area contributed by atoms with Crippen molar-refractivity contribution in [1.82, 2.24) is 10.2 Å². The maximum atomic E-state index is 12.6. The Hall–Kier alpha value is -1.85. The van der Waals surface area contributed by atoms with E-state index in [4.69, 9.17) is 11.6 Å². The molecule has 25 heavy (non-hydrogen) atoms. The first kappa shape index (κ1) is 18.0. The maximum Gasteiger partial charge on any atom is 0.238 e. The number of anilines is 1. The van der Waals surface area contributed by atoms with Crippen molar-refractivity contribution < 1.29 is 9.59 Å². The fourth-order valence-electron chi connectivity index (χ4n) is 3.91. The van der Waals surface area contributed by atoms with Gasteiger partial charge < -0.3 is 10.6 Å². The van der Waals surface area contributed by atoms with E-state index in [1.807, 2.05) is 6.08 Å². The maximum absolute atomic E-state index is 12.6. The molecular weight excluding hydrogens is 338 g/mol. The normalized spacial score (nSPS) is 26.4. The molecule has 1 aliphatic heterocycles. The molecule has 134 valence electrons. The van der Waals surface area contributed by atoms with Crippen LogP contribution in [0.3, 0.4) is 0 Å². The van der Waals surface area contributed by atoms with Crippen molar-refractivity contribution in [2.24, 2.45) is 0 Å². The van der Waals surface area contributed by atoms with E-state index in [0.29, 0.717) is 17.3 Å². The number of nitrogens with one attached hydrogen (secondary N) is 2. The lowest BCUT2D eigenvalue weighted by Crippen LogP contribution is -2.66. The van der Waals surface area contributed by atoms with Crippen LogP contribution in [0.2, 0.25) is 5.02 Å². The van der Waals surface area contributed by atoms with E-state index in [0.717, 1.165) is 25.7 Å². The summed E-state index contributed by atoms with van der Waals surface area (Å²) in [5, 5.41) is 6.51. The Kier molecular flexibility index (Phi) is 5.76. The molecule has 1 aromatic rings. The zero-order valence-electron chi connectivity index (χ0n) is 14.2. The van der Waals surface area contributed by atoms with Gasteiger partial charge in [0.2, 0.25) is 11.8 Å². The zero-order valence-corrected chi connectivity index (χ0v) is 15.0. The molecule has 5 nitrogen and oxygen atoms in total. The average Bonchev–Trinajstić information content (AvgIpc) is 2.58. The van der Waals surface area contributed by atoms with Gasteiger partial charge in [0.05, 0.1) is 12.5 Å². The Morgan fingerprint density at radius 3 is 2.96 bits per heavy atom. The second-order valence-corrected chi connectivity index (χ2v) is 7.17. The van der Waals surface area contributed by atoms with Crippen molar-refractivity contribution in [1.29, 1.82) is 0 Å². The number of rotatable bonds is 5. The highest BCUT2D eigenvalue weighted by Crippen LogP contribution is 2.29. The summed E-state index contributed by atoms with van der Waals surface area (Å²) in [6.45, 7) is 4.43. The Bertz CT molecular complexity index is 664. The molecule has 3 atom stereocenters. The first-order valence-electron chi connectivity index (χ1n) is 8.81. The van der Waals surface area contributed by atoms with E-state index in [9.17, 15) is 9.59 Å². The lowest BCUT2D eigenvalue weighted by atomic mass is 9.85. The largest absolute Gasteiger partial charge is 0.350 e. The number of fused-ring (bicyclic) bond motifs is 1. The summed E-state index contributed by atoms with van der Waals surface area (Å²) in [5.41, 5.74) is 0.638. The number of benzene rings is 1. The zero-order chi connectivity index (χ0) is 17.8. The number of nitrogens with zero attached hydrogens (tertiary/aromatic N) is 1. The first-order chi connectivity index (χ1) is 12.1. The molecule has 6 heteroatoms. The number of halogens is 1. The van der Waals surface area contributed by atoms with Gasteiger partial charge in [-0.25, -0.2) is 0 Å². The van der Waals surface area contributed by atoms with Crippen molar-refractivity contribution in [3.63, 3.8) is 0 Å². The molecule has 2 N–H and O–H groups in total. The van der Waals surface area contributed by atoms with Gasteiger partial charge in [-0.2, -0.15) is 0 Å². The summed E-state index contributed by atoms with van der Waals surface area (Å²) in [7, 11) is 0. The quantitative estimate of drug-likeness (QED) is 0.792. The van der Waals surface area contributed by atoms with Crippen LogP contribution >= 0.6 is 11.6 Å². The van der Waals surface area contributed by atoms with Gasteiger partial charge in [-0.1, -0.05) is 36.6 Å². The van der Waals surface area contributed by atoms with E-state index in [-0.39, 0.29) is 30.3 Å². The van der Waals surface area contributed by atoms with Gasteiger partial charge in [-0.3, -0.25) is 14.5 Å². The number of hydrogen-bond donors (Lipinski definition) is 2.